The van der Waals surface area contributed by atoms with Crippen molar-refractivity contribution in [2.75, 3.05) is 6.54 Å². The minimum atomic E-state index is -3.59. The molecule has 1 aliphatic heterocycles. The predicted molar refractivity (Wildman–Crippen MR) is 114 cm³/mol. The van der Waals surface area contributed by atoms with Gasteiger partial charge in [-0.1, -0.05) is 66.7 Å². The predicted octanol–water partition coefficient (Wildman–Crippen LogP) is 4.17. The lowest BCUT2D eigenvalue weighted by Gasteiger charge is -2.31. The lowest BCUT2D eigenvalue weighted by molar-refractivity contribution is 0.166. The number of benzene rings is 3. The summed E-state index contributed by atoms with van der Waals surface area (Å²) in [5.41, 5.74) is 1.18. The average molecular weight is 395 g/mol. The summed E-state index contributed by atoms with van der Waals surface area (Å²) in [4.78, 5) is 2.71. The molecule has 0 aromatic heterocycles. The van der Waals surface area contributed by atoms with Crippen LogP contribution in [0.4, 0.5) is 0 Å². The number of fused-ring (bicyclic) bond motifs is 1. The lowest BCUT2D eigenvalue weighted by atomic mass is 10.00. The van der Waals surface area contributed by atoms with Crippen molar-refractivity contribution < 1.29 is 8.42 Å². The summed E-state index contributed by atoms with van der Waals surface area (Å²) in [6.07, 6.45) is 0.782. The average Bonchev–Trinajstić information content (AvgIpc) is 2.94. The molecule has 1 N–H and O–H groups in total. The van der Waals surface area contributed by atoms with Crippen molar-refractivity contribution in [3.8, 4) is 0 Å². The molecule has 0 saturated carbocycles. The number of hydrogen-bond donors (Lipinski definition) is 1. The molecule has 1 atom stereocenters. The first-order valence-electron chi connectivity index (χ1n) is 9.64. The van der Waals surface area contributed by atoms with E-state index < -0.39 is 10.0 Å². The largest absolute Gasteiger partial charge is 0.292 e. The molecule has 1 fully saturated rings. The van der Waals surface area contributed by atoms with E-state index in [1.807, 2.05) is 48.5 Å². The first kappa shape index (κ1) is 19.1. The molecule has 4 nitrogen and oxygen atoms in total. The van der Waals surface area contributed by atoms with Crippen molar-refractivity contribution in [1.82, 2.24) is 9.62 Å². The Morgan fingerprint density at radius 1 is 0.964 bits per heavy atom. The Hall–Kier alpha value is -2.21. The van der Waals surface area contributed by atoms with Crippen molar-refractivity contribution in [2.24, 2.45) is 0 Å². The standard InChI is InChI=1S/C23H26N2O2S/c1-23(2)15-20(17-25(23)16-18-9-4-3-5-10-18)24-28(26,27)22-14-8-12-19-11-6-7-13-21(19)22/h3-14,20,24H,15-17H2,1-2H3/t20-/m1/s1. The summed E-state index contributed by atoms with van der Waals surface area (Å²) >= 11 is 0. The number of sulfonamides is 1. The zero-order valence-corrected chi connectivity index (χ0v) is 17.1. The molecule has 1 aliphatic rings. The lowest BCUT2D eigenvalue weighted by Crippen LogP contribution is -2.38. The molecule has 1 saturated heterocycles. The van der Waals surface area contributed by atoms with Crippen LogP contribution in [0.15, 0.2) is 77.7 Å². The van der Waals surface area contributed by atoms with E-state index in [4.69, 9.17) is 0 Å². The molecule has 28 heavy (non-hydrogen) atoms. The SMILES string of the molecule is CC1(C)C[C@@H](NS(=O)(=O)c2cccc3ccccc23)CN1Cc1ccccc1. The highest BCUT2D eigenvalue weighted by molar-refractivity contribution is 7.89. The Morgan fingerprint density at radius 3 is 2.43 bits per heavy atom. The third-order valence-electron chi connectivity index (χ3n) is 5.62. The van der Waals surface area contributed by atoms with Crippen LogP contribution in [0.1, 0.15) is 25.8 Å². The zero-order chi connectivity index (χ0) is 19.8. The number of rotatable bonds is 5. The summed E-state index contributed by atoms with van der Waals surface area (Å²) in [5, 5.41) is 1.69. The van der Waals surface area contributed by atoms with Crippen molar-refractivity contribution in [1.29, 1.82) is 0 Å². The highest BCUT2D eigenvalue weighted by Gasteiger charge is 2.40. The maximum Gasteiger partial charge on any atom is 0.241 e. The van der Waals surface area contributed by atoms with Crippen LogP contribution >= 0.6 is 0 Å². The summed E-state index contributed by atoms with van der Waals surface area (Å²) in [6, 6.07) is 23.2. The van der Waals surface area contributed by atoms with Gasteiger partial charge in [0.1, 0.15) is 0 Å². The molecule has 0 unspecified atom stereocenters. The van der Waals surface area contributed by atoms with Crippen LogP contribution in [0.25, 0.3) is 10.8 Å². The Kier molecular flexibility index (Phi) is 5.00. The van der Waals surface area contributed by atoms with Gasteiger partial charge in [0.05, 0.1) is 4.90 Å². The molecule has 5 heteroatoms. The fourth-order valence-corrected chi connectivity index (χ4v) is 5.64. The van der Waals surface area contributed by atoms with E-state index in [2.05, 4.69) is 35.6 Å². The van der Waals surface area contributed by atoms with Crippen molar-refractivity contribution >= 4 is 20.8 Å². The molecule has 4 rings (SSSR count). The number of nitrogens with one attached hydrogen (secondary N) is 1. The van der Waals surface area contributed by atoms with Crippen molar-refractivity contribution in [2.45, 2.75) is 43.3 Å². The zero-order valence-electron chi connectivity index (χ0n) is 16.3. The van der Waals surface area contributed by atoms with Gasteiger partial charge >= 0.3 is 0 Å². The molecule has 1 heterocycles. The Morgan fingerprint density at radius 2 is 1.64 bits per heavy atom. The summed E-state index contributed by atoms with van der Waals surface area (Å²) in [6.45, 7) is 5.89. The van der Waals surface area contributed by atoms with Crippen LogP contribution in [0.3, 0.4) is 0 Å². The van der Waals surface area contributed by atoms with Crippen LogP contribution in [-0.4, -0.2) is 31.4 Å². The number of hydrogen-bond acceptors (Lipinski definition) is 3. The van der Waals surface area contributed by atoms with Crippen LogP contribution < -0.4 is 4.72 Å². The maximum atomic E-state index is 13.1. The molecule has 0 spiro atoms. The minimum absolute atomic E-state index is 0.0677. The van der Waals surface area contributed by atoms with Crippen molar-refractivity contribution in [3.05, 3.63) is 78.4 Å². The van der Waals surface area contributed by atoms with Gasteiger partial charge in [-0.25, -0.2) is 13.1 Å². The third-order valence-corrected chi connectivity index (χ3v) is 7.20. The fourth-order valence-electron chi connectivity index (χ4n) is 4.18. The maximum absolute atomic E-state index is 13.1. The number of likely N-dealkylation sites (tertiary alicyclic amines) is 1. The van der Waals surface area contributed by atoms with Crippen molar-refractivity contribution in [3.63, 3.8) is 0 Å². The molecule has 0 amide bonds. The second-order valence-electron chi connectivity index (χ2n) is 8.18. The second-order valence-corrected chi connectivity index (χ2v) is 9.86. The summed E-state index contributed by atoms with van der Waals surface area (Å²) in [7, 11) is -3.59. The van der Waals surface area contributed by atoms with Crippen LogP contribution in [0, 0.1) is 0 Å². The van der Waals surface area contributed by atoms with Gasteiger partial charge < -0.3 is 0 Å². The molecule has 146 valence electrons. The molecule has 0 bridgehead atoms. The van der Waals surface area contributed by atoms with E-state index in [-0.39, 0.29) is 11.6 Å². The monoisotopic (exact) mass is 394 g/mol. The van der Waals surface area contributed by atoms with Gasteiger partial charge in [-0.2, -0.15) is 0 Å². The normalized spacial score (nSPS) is 19.9. The van der Waals surface area contributed by atoms with E-state index in [1.54, 1.807) is 12.1 Å². The van der Waals surface area contributed by atoms with E-state index in [0.29, 0.717) is 11.4 Å². The summed E-state index contributed by atoms with van der Waals surface area (Å²) in [5.74, 6) is 0. The second kappa shape index (κ2) is 7.32. The quantitative estimate of drug-likeness (QED) is 0.707. The van der Waals surface area contributed by atoms with Gasteiger partial charge in [0.2, 0.25) is 10.0 Å². The fraction of sp³-hybridized carbons (Fsp3) is 0.304. The number of nitrogens with zero attached hydrogens (tertiary/aromatic N) is 1. The highest BCUT2D eigenvalue weighted by atomic mass is 32.2. The Balaban J connectivity index is 1.55. The van der Waals surface area contributed by atoms with Gasteiger partial charge in [0.15, 0.2) is 0 Å². The highest BCUT2D eigenvalue weighted by Crippen LogP contribution is 2.31. The molecule has 3 aromatic carbocycles. The molecule has 3 aromatic rings. The first-order valence-corrected chi connectivity index (χ1v) is 11.1. The van der Waals surface area contributed by atoms with Crippen LogP contribution in [-0.2, 0) is 16.6 Å². The van der Waals surface area contributed by atoms with Gasteiger partial charge in [-0.3, -0.25) is 4.90 Å². The van der Waals surface area contributed by atoms with Crippen LogP contribution in [0.2, 0.25) is 0 Å². The third kappa shape index (κ3) is 3.83. The Bertz CT molecular complexity index is 1070. The van der Waals surface area contributed by atoms with E-state index in [1.165, 1.54) is 5.56 Å². The van der Waals surface area contributed by atoms with Gasteiger partial charge in [-0.05, 0) is 37.3 Å². The van der Waals surface area contributed by atoms with Gasteiger partial charge in [-0.15, -0.1) is 0 Å². The van der Waals surface area contributed by atoms with E-state index >= 15 is 0 Å². The summed E-state index contributed by atoms with van der Waals surface area (Å²) < 4.78 is 29.3. The van der Waals surface area contributed by atoms with E-state index in [9.17, 15) is 8.42 Å². The Labute approximate surface area is 167 Å². The minimum Gasteiger partial charge on any atom is -0.292 e. The van der Waals surface area contributed by atoms with Crippen LogP contribution in [0.5, 0.6) is 0 Å². The van der Waals surface area contributed by atoms with Gasteiger partial charge in [0, 0.05) is 30.1 Å². The first-order chi connectivity index (χ1) is 13.4. The van der Waals surface area contributed by atoms with E-state index in [0.717, 1.165) is 23.7 Å². The molecular formula is C23H26N2O2S. The topological polar surface area (TPSA) is 49.4 Å². The molecular weight excluding hydrogens is 368 g/mol. The smallest absolute Gasteiger partial charge is 0.241 e. The van der Waals surface area contributed by atoms with Gasteiger partial charge in [0.25, 0.3) is 0 Å². The molecule has 0 radical (unpaired) electrons. The molecule has 0 aliphatic carbocycles.